The van der Waals surface area contributed by atoms with E-state index in [9.17, 15) is 4.79 Å². The van der Waals surface area contributed by atoms with Crippen LogP contribution < -0.4 is 5.73 Å². The van der Waals surface area contributed by atoms with Crippen LogP contribution in [0.5, 0.6) is 0 Å². The average Bonchev–Trinajstić information content (AvgIpc) is 1.84. The molecule has 0 fully saturated rings. The summed E-state index contributed by atoms with van der Waals surface area (Å²) in [6.07, 6.45) is -0.961. The van der Waals surface area contributed by atoms with Crippen molar-refractivity contribution in [1.29, 1.82) is 0 Å². The predicted molar refractivity (Wildman–Crippen MR) is 36.5 cm³/mol. The smallest absolute Gasteiger partial charge is 0.323 e. The maximum absolute atomic E-state index is 10.2. The van der Waals surface area contributed by atoms with Gasteiger partial charge in [-0.05, 0) is 5.92 Å². The molecule has 0 rings (SSSR count). The molecule has 10 heavy (non-hydrogen) atoms. The summed E-state index contributed by atoms with van der Waals surface area (Å²) in [5.41, 5.74) is 5.11. The van der Waals surface area contributed by atoms with Crippen LogP contribution in [0.25, 0.3) is 0 Å². The molecule has 0 aliphatic heterocycles. The fraction of sp³-hybridized carbons (Fsp3) is 0.833. The van der Waals surface area contributed by atoms with Crippen molar-refractivity contribution in [1.82, 2.24) is 0 Å². The van der Waals surface area contributed by atoms with Gasteiger partial charge in [0.15, 0.2) is 0 Å². The van der Waals surface area contributed by atoms with Gasteiger partial charge in [0, 0.05) is 0 Å². The van der Waals surface area contributed by atoms with E-state index >= 15 is 0 Å². The molecule has 60 valence electrons. The van der Waals surface area contributed by atoms with Gasteiger partial charge in [-0.1, -0.05) is 13.8 Å². The van der Waals surface area contributed by atoms with Crippen molar-refractivity contribution in [3.63, 3.8) is 0 Å². The lowest BCUT2D eigenvalue weighted by Gasteiger charge is -2.17. The van der Waals surface area contributed by atoms with E-state index in [1.54, 1.807) is 13.8 Å². The van der Waals surface area contributed by atoms with E-state index in [0.29, 0.717) is 0 Å². The number of carboxylic acid groups (broad SMARTS) is 1. The van der Waals surface area contributed by atoms with Crippen LogP contribution in [0.4, 0.5) is 0 Å². The molecule has 0 aromatic heterocycles. The third-order valence-corrected chi connectivity index (χ3v) is 1.34. The van der Waals surface area contributed by atoms with Crippen LogP contribution >= 0.6 is 0 Å². The third-order valence-electron chi connectivity index (χ3n) is 1.34. The van der Waals surface area contributed by atoms with E-state index in [1.165, 1.54) is 0 Å². The molecule has 1 unspecified atom stereocenters. The maximum Gasteiger partial charge on any atom is 0.323 e. The fourth-order valence-corrected chi connectivity index (χ4v) is 0.561. The van der Waals surface area contributed by atoms with E-state index in [4.69, 9.17) is 15.9 Å². The minimum atomic E-state index is -1.17. The zero-order valence-corrected chi connectivity index (χ0v) is 6.11. The van der Waals surface area contributed by atoms with Crippen LogP contribution in [0.2, 0.25) is 0 Å². The van der Waals surface area contributed by atoms with Crippen molar-refractivity contribution in [2.75, 3.05) is 0 Å². The van der Waals surface area contributed by atoms with Gasteiger partial charge in [-0.15, -0.1) is 0 Å². The number of aliphatic hydroxyl groups is 1. The molecule has 4 nitrogen and oxygen atoms in total. The molecule has 2 atom stereocenters. The molecular formula is C6H13NO3. The van der Waals surface area contributed by atoms with E-state index in [-0.39, 0.29) is 5.92 Å². The number of aliphatic hydroxyl groups excluding tert-OH is 1. The molecule has 0 saturated heterocycles. The van der Waals surface area contributed by atoms with Crippen molar-refractivity contribution in [2.24, 2.45) is 11.7 Å². The second-order valence-electron chi connectivity index (χ2n) is 2.60. The first-order chi connectivity index (χ1) is 4.46. The molecule has 0 bridgehead atoms. The van der Waals surface area contributed by atoms with Crippen molar-refractivity contribution in [3.8, 4) is 0 Å². The summed E-state index contributed by atoms with van der Waals surface area (Å²) in [4.78, 5) is 10.2. The van der Waals surface area contributed by atoms with Gasteiger partial charge < -0.3 is 15.9 Å². The van der Waals surface area contributed by atoms with Gasteiger partial charge in [0.2, 0.25) is 0 Å². The average molecular weight is 147 g/mol. The topological polar surface area (TPSA) is 83.5 Å². The first-order valence-corrected chi connectivity index (χ1v) is 3.13. The molecule has 0 spiro atoms. The molecule has 0 aliphatic rings. The number of carboxylic acids is 1. The van der Waals surface area contributed by atoms with Crippen molar-refractivity contribution < 1.29 is 15.0 Å². The molecule has 0 saturated carbocycles. The molecule has 0 aliphatic carbocycles. The van der Waals surface area contributed by atoms with Crippen LogP contribution in [0.3, 0.4) is 0 Å². The van der Waals surface area contributed by atoms with Gasteiger partial charge in [0.1, 0.15) is 6.04 Å². The number of aliphatic carboxylic acids is 1. The van der Waals surface area contributed by atoms with Crippen molar-refractivity contribution >= 4 is 5.97 Å². The van der Waals surface area contributed by atoms with Crippen molar-refractivity contribution in [2.45, 2.75) is 26.0 Å². The van der Waals surface area contributed by atoms with Crippen LogP contribution in [0.1, 0.15) is 13.8 Å². The standard InChI is InChI=1S/C6H13NO3/c1-3(2)5(8)4(7)6(9)10/h3-5,8H,7H2,1-2H3,(H,9,10)/t4?,5-/m1/s1. The Morgan fingerprint density at radius 2 is 1.90 bits per heavy atom. The number of hydrogen-bond donors (Lipinski definition) is 3. The Morgan fingerprint density at radius 1 is 1.50 bits per heavy atom. The Labute approximate surface area is 59.7 Å². The van der Waals surface area contributed by atoms with Gasteiger partial charge in [-0.25, -0.2) is 0 Å². The summed E-state index contributed by atoms with van der Waals surface area (Å²) in [7, 11) is 0. The molecule has 0 radical (unpaired) electrons. The van der Waals surface area contributed by atoms with E-state index in [0.717, 1.165) is 0 Å². The van der Waals surface area contributed by atoms with Crippen LogP contribution in [0.15, 0.2) is 0 Å². The van der Waals surface area contributed by atoms with Crippen molar-refractivity contribution in [3.05, 3.63) is 0 Å². The Morgan fingerprint density at radius 3 is 2.00 bits per heavy atom. The number of hydrogen-bond acceptors (Lipinski definition) is 3. The molecule has 0 heterocycles. The highest BCUT2D eigenvalue weighted by atomic mass is 16.4. The maximum atomic E-state index is 10.2. The number of rotatable bonds is 3. The zero-order chi connectivity index (χ0) is 8.31. The van der Waals surface area contributed by atoms with Crippen LogP contribution in [-0.4, -0.2) is 28.3 Å². The lowest BCUT2D eigenvalue weighted by atomic mass is 10.0. The monoisotopic (exact) mass is 147 g/mol. The minimum absolute atomic E-state index is 0.119. The number of nitrogens with two attached hydrogens (primary N) is 1. The van der Waals surface area contributed by atoms with Gasteiger partial charge in [-0.2, -0.15) is 0 Å². The molecule has 4 N–H and O–H groups in total. The summed E-state index contributed by atoms with van der Waals surface area (Å²) in [5.74, 6) is -1.28. The van der Waals surface area contributed by atoms with Gasteiger partial charge >= 0.3 is 5.97 Å². The Bertz CT molecular complexity index is 124. The largest absolute Gasteiger partial charge is 0.480 e. The normalized spacial score (nSPS) is 16.9. The second-order valence-corrected chi connectivity index (χ2v) is 2.60. The lowest BCUT2D eigenvalue weighted by Crippen LogP contribution is -2.44. The predicted octanol–water partition coefficient (Wildman–Crippen LogP) is -0.585. The van der Waals surface area contributed by atoms with E-state index < -0.39 is 18.1 Å². The molecule has 0 aromatic rings. The highest BCUT2D eigenvalue weighted by molar-refractivity contribution is 5.73. The lowest BCUT2D eigenvalue weighted by molar-refractivity contribution is -0.141. The minimum Gasteiger partial charge on any atom is -0.480 e. The molecular weight excluding hydrogens is 134 g/mol. The van der Waals surface area contributed by atoms with Gasteiger partial charge in [0.05, 0.1) is 6.10 Å². The zero-order valence-electron chi connectivity index (χ0n) is 6.11. The van der Waals surface area contributed by atoms with Crippen LogP contribution in [-0.2, 0) is 4.79 Å². The molecule has 0 aromatic carbocycles. The molecule has 0 amide bonds. The Balaban J connectivity index is 3.94. The summed E-state index contributed by atoms with van der Waals surface area (Å²) < 4.78 is 0. The second kappa shape index (κ2) is 3.53. The highest BCUT2D eigenvalue weighted by Crippen LogP contribution is 2.03. The van der Waals surface area contributed by atoms with Gasteiger partial charge in [-0.3, -0.25) is 4.79 Å². The Hall–Kier alpha value is -0.610. The van der Waals surface area contributed by atoms with E-state index in [2.05, 4.69) is 0 Å². The summed E-state index contributed by atoms with van der Waals surface area (Å²) >= 11 is 0. The number of carbonyl (C=O) groups is 1. The SMILES string of the molecule is CC(C)[C@@H](O)C(N)C(=O)O. The Kier molecular flexibility index (Phi) is 3.32. The van der Waals surface area contributed by atoms with Gasteiger partial charge in [0.25, 0.3) is 0 Å². The first-order valence-electron chi connectivity index (χ1n) is 3.13. The third kappa shape index (κ3) is 2.33. The molecule has 4 heteroatoms. The quantitative estimate of drug-likeness (QED) is 0.498. The highest BCUT2D eigenvalue weighted by Gasteiger charge is 2.24. The fourth-order valence-electron chi connectivity index (χ4n) is 0.561. The van der Waals surface area contributed by atoms with Crippen LogP contribution in [0, 0.1) is 5.92 Å². The first kappa shape index (κ1) is 9.39. The summed E-state index contributed by atoms with van der Waals surface area (Å²) in [5, 5.41) is 17.4. The van der Waals surface area contributed by atoms with E-state index in [1.807, 2.05) is 0 Å². The summed E-state index contributed by atoms with van der Waals surface area (Å²) in [6, 6.07) is -1.17. The summed E-state index contributed by atoms with van der Waals surface area (Å²) in [6.45, 7) is 3.43.